The number of benzene rings is 2. The molecule has 2 aromatic rings. The van der Waals surface area contributed by atoms with Crippen LogP contribution in [0.5, 0.6) is 5.75 Å². The van der Waals surface area contributed by atoms with Gasteiger partial charge in [-0.25, -0.2) is 0 Å². The van der Waals surface area contributed by atoms with Crippen LogP contribution in [0.2, 0.25) is 5.02 Å². The van der Waals surface area contributed by atoms with Crippen molar-refractivity contribution in [2.45, 2.75) is 17.9 Å². The second-order valence-electron chi connectivity index (χ2n) is 4.83. The van der Waals surface area contributed by atoms with Gasteiger partial charge in [0, 0.05) is 22.3 Å². The lowest BCUT2D eigenvalue weighted by Gasteiger charge is -2.20. The summed E-state index contributed by atoms with van der Waals surface area (Å²) < 4.78 is 5.48. The van der Waals surface area contributed by atoms with E-state index in [9.17, 15) is 0 Å². The van der Waals surface area contributed by atoms with Crippen molar-refractivity contribution in [1.29, 1.82) is 0 Å². The minimum atomic E-state index is 0.209. The predicted octanol–water partition coefficient (Wildman–Crippen LogP) is 4.71. The molecule has 0 spiro atoms. The number of aryl methyl sites for hydroxylation is 1. The van der Waals surface area contributed by atoms with Crippen LogP contribution >= 0.6 is 23.4 Å². The average molecular weight is 322 g/mol. The highest BCUT2D eigenvalue weighted by Gasteiger charge is 2.15. The molecule has 21 heavy (non-hydrogen) atoms. The Labute approximate surface area is 135 Å². The lowest BCUT2D eigenvalue weighted by atomic mass is 10.0. The number of ether oxygens (including phenoxy) is 1. The van der Waals surface area contributed by atoms with Gasteiger partial charge < -0.3 is 10.1 Å². The van der Waals surface area contributed by atoms with E-state index in [0.29, 0.717) is 0 Å². The van der Waals surface area contributed by atoms with Crippen LogP contribution in [-0.4, -0.2) is 19.9 Å². The zero-order valence-corrected chi connectivity index (χ0v) is 14.1. The fraction of sp³-hybridized carbons (Fsp3) is 0.294. The zero-order chi connectivity index (χ0) is 15.2. The first kappa shape index (κ1) is 16.2. The standard InChI is InChI=1S/C17H20ClNOS/c1-12-8-9-16(20-3)13(10-12)15(19-2)11-21-17-7-5-4-6-14(17)18/h4-10,15,19H,11H2,1-3H3. The van der Waals surface area contributed by atoms with Crippen LogP contribution in [0.15, 0.2) is 47.4 Å². The van der Waals surface area contributed by atoms with E-state index < -0.39 is 0 Å². The van der Waals surface area contributed by atoms with Crippen molar-refractivity contribution >= 4 is 23.4 Å². The molecule has 0 aliphatic carbocycles. The van der Waals surface area contributed by atoms with Gasteiger partial charge in [0.25, 0.3) is 0 Å². The first-order chi connectivity index (χ1) is 10.2. The molecule has 0 fully saturated rings. The molecule has 0 radical (unpaired) electrons. The molecule has 0 saturated carbocycles. The number of hydrogen-bond donors (Lipinski definition) is 1. The Kier molecular flexibility index (Phi) is 5.97. The fourth-order valence-corrected chi connectivity index (χ4v) is 3.56. The van der Waals surface area contributed by atoms with E-state index in [4.69, 9.17) is 16.3 Å². The second kappa shape index (κ2) is 7.74. The van der Waals surface area contributed by atoms with Gasteiger partial charge in [0.15, 0.2) is 0 Å². The summed E-state index contributed by atoms with van der Waals surface area (Å²) in [5, 5.41) is 4.17. The van der Waals surface area contributed by atoms with Crippen molar-refractivity contribution in [2.75, 3.05) is 19.9 Å². The minimum Gasteiger partial charge on any atom is -0.496 e. The summed E-state index contributed by atoms with van der Waals surface area (Å²) in [5.41, 5.74) is 2.41. The van der Waals surface area contributed by atoms with E-state index in [0.717, 1.165) is 21.4 Å². The van der Waals surface area contributed by atoms with E-state index in [1.807, 2.05) is 37.4 Å². The van der Waals surface area contributed by atoms with Crippen LogP contribution < -0.4 is 10.1 Å². The molecule has 2 aromatic carbocycles. The van der Waals surface area contributed by atoms with E-state index >= 15 is 0 Å². The van der Waals surface area contributed by atoms with Gasteiger partial charge >= 0.3 is 0 Å². The highest BCUT2D eigenvalue weighted by atomic mass is 35.5. The SMILES string of the molecule is CNC(CSc1ccccc1Cl)c1cc(C)ccc1OC. The van der Waals surface area contributed by atoms with Gasteiger partial charge in [-0.1, -0.05) is 41.4 Å². The van der Waals surface area contributed by atoms with Gasteiger partial charge in [0.1, 0.15) is 5.75 Å². The Balaban J connectivity index is 2.17. The number of halogens is 1. The van der Waals surface area contributed by atoms with Crippen molar-refractivity contribution in [1.82, 2.24) is 5.32 Å². The maximum atomic E-state index is 6.21. The summed E-state index contributed by atoms with van der Waals surface area (Å²) in [4.78, 5) is 1.10. The van der Waals surface area contributed by atoms with Crippen molar-refractivity contribution in [3.8, 4) is 5.75 Å². The summed E-state index contributed by atoms with van der Waals surface area (Å²) in [6.45, 7) is 2.09. The maximum absolute atomic E-state index is 6.21. The van der Waals surface area contributed by atoms with E-state index in [-0.39, 0.29) is 6.04 Å². The first-order valence-corrected chi connectivity index (χ1v) is 8.21. The van der Waals surface area contributed by atoms with Gasteiger partial charge in [-0.3, -0.25) is 0 Å². The van der Waals surface area contributed by atoms with Gasteiger partial charge in [-0.2, -0.15) is 0 Å². The monoisotopic (exact) mass is 321 g/mol. The number of thioether (sulfide) groups is 1. The molecule has 1 unspecified atom stereocenters. The molecule has 2 rings (SSSR count). The molecule has 0 aromatic heterocycles. The maximum Gasteiger partial charge on any atom is 0.123 e. The summed E-state index contributed by atoms with van der Waals surface area (Å²) >= 11 is 7.96. The molecule has 112 valence electrons. The summed E-state index contributed by atoms with van der Waals surface area (Å²) in [5.74, 6) is 1.81. The Bertz CT molecular complexity index is 603. The minimum absolute atomic E-state index is 0.209. The largest absolute Gasteiger partial charge is 0.496 e. The Morgan fingerprint density at radius 3 is 2.67 bits per heavy atom. The topological polar surface area (TPSA) is 21.3 Å². The van der Waals surface area contributed by atoms with Crippen LogP contribution in [0.3, 0.4) is 0 Å². The average Bonchev–Trinajstić information content (AvgIpc) is 2.50. The molecule has 1 N–H and O–H groups in total. The molecule has 0 heterocycles. The van der Waals surface area contributed by atoms with Crippen LogP contribution in [-0.2, 0) is 0 Å². The van der Waals surface area contributed by atoms with Gasteiger partial charge in [-0.15, -0.1) is 11.8 Å². The van der Waals surface area contributed by atoms with E-state index in [1.54, 1.807) is 18.9 Å². The highest BCUT2D eigenvalue weighted by Crippen LogP contribution is 2.33. The third kappa shape index (κ3) is 4.16. The Morgan fingerprint density at radius 2 is 2.00 bits per heavy atom. The van der Waals surface area contributed by atoms with Crippen molar-refractivity contribution in [2.24, 2.45) is 0 Å². The third-order valence-corrected chi connectivity index (χ3v) is 4.96. The fourth-order valence-electron chi connectivity index (χ4n) is 2.19. The summed E-state index contributed by atoms with van der Waals surface area (Å²) in [7, 11) is 3.68. The number of nitrogens with one attached hydrogen (secondary N) is 1. The third-order valence-electron chi connectivity index (χ3n) is 3.35. The zero-order valence-electron chi connectivity index (χ0n) is 12.5. The van der Waals surface area contributed by atoms with E-state index in [2.05, 4.69) is 24.4 Å². The van der Waals surface area contributed by atoms with Crippen LogP contribution in [0.25, 0.3) is 0 Å². The number of rotatable bonds is 6. The Morgan fingerprint density at radius 1 is 1.24 bits per heavy atom. The van der Waals surface area contributed by atoms with Crippen LogP contribution in [0.4, 0.5) is 0 Å². The molecule has 0 bridgehead atoms. The van der Waals surface area contributed by atoms with Crippen molar-refractivity contribution < 1.29 is 4.74 Å². The van der Waals surface area contributed by atoms with Crippen molar-refractivity contribution in [3.05, 3.63) is 58.6 Å². The lowest BCUT2D eigenvalue weighted by molar-refractivity contribution is 0.404. The summed E-state index contributed by atoms with van der Waals surface area (Å²) in [6.07, 6.45) is 0. The van der Waals surface area contributed by atoms with Crippen molar-refractivity contribution in [3.63, 3.8) is 0 Å². The van der Waals surface area contributed by atoms with Gasteiger partial charge in [-0.05, 0) is 32.2 Å². The number of methoxy groups -OCH3 is 1. The Hall–Kier alpha value is -1.16. The molecule has 4 heteroatoms. The second-order valence-corrected chi connectivity index (χ2v) is 6.30. The highest BCUT2D eigenvalue weighted by molar-refractivity contribution is 7.99. The van der Waals surface area contributed by atoms with E-state index in [1.165, 1.54) is 11.1 Å². The normalized spacial score (nSPS) is 12.2. The molecule has 0 saturated heterocycles. The smallest absolute Gasteiger partial charge is 0.123 e. The molecule has 1 atom stereocenters. The molecular formula is C17H20ClNOS. The molecule has 2 nitrogen and oxygen atoms in total. The molecular weight excluding hydrogens is 302 g/mol. The molecule has 0 aliphatic rings. The van der Waals surface area contributed by atoms with Crippen LogP contribution in [0.1, 0.15) is 17.2 Å². The van der Waals surface area contributed by atoms with Gasteiger partial charge in [0.05, 0.1) is 12.1 Å². The first-order valence-electron chi connectivity index (χ1n) is 6.85. The number of hydrogen-bond acceptors (Lipinski definition) is 3. The summed E-state index contributed by atoms with van der Waals surface area (Å²) in [6, 6.07) is 14.4. The predicted molar refractivity (Wildman–Crippen MR) is 91.7 cm³/mol. The molecule has 0 aliphatic heterocycles. The van der Waals surface area contributed by atoms with Crippen LogP contribution in [0, 0.1) is 6.92 Å². The molecule has 0 amide bonds. The lowest BCUT2D eigenvalue weighted by Crippen LogP contribution is -2.19. The van der Waals surface area contributed by atoms with Gasteiger partial charge in [0.2, 0.25) is 0 Å². The quantitative estimate of drug-likeness (QED) is 0.778.